The fourth-order valence-electron chi connectivity index (χ4n) is 1.49. The molecule has 0 saturated heterocycles. The van der Waals surface area contributed by atoms with Gasteiger partial charge >= 0.3 is 0 Å². The summed E-state index contributed by atoms with van der Waals surface area (Å²) >= 11 is 0. The van der Waals surface area contributed by atoms with E-state index in [0.29, 0.717) is 0 Å². The Morgan fingerprint density at radius 1 is 1.20 bits per heavy atom. The highest BCUT2D eigenvalue weighted by atomic mass is 14.0. The van der Waals surface area contributed by atoms with Crippen molar-refractivity contribution in [3.63, 3.8) is 0 Å². The first-order valence-electron chi connectivity index (χ1n) is 6.00. The molecule has 1 aromatic carbocycles. The van der Waals surface area contributed by atoms with Crippen LogP contribution in [0, 0.1) is 6.92 Å². The first-order valence-corrected chi connectivity index (χ1v) is 6.00. The van der Waals surface area contributed by atoms with Crippen molar-refractivity contribution >= 4 is 6.08 Å². The molecule has 0 radical (unpaired) electrons. The minimum absolute atomic E-state index is 1.19. The lowest BCUT2D eigenvalue weighted by Gasteiger charge is -2.04. The zero-order valence-electron chi connectivity index (χ0n) is 10.8. The predicted octanol–water partition coefficient (Wildman–Crippen LogP) is 5.01. The van der Waals surface area contributed by atoms with Crippen LogP contribution in [-0.4, -0.2) is 0 Å². The van der Waals surface area contributed by atoms with E-state index in [1.165, 1.54) is 29.5 Å². The summed E-state index contributed by atoms with van der Waals surface area (Å²) < 4.78 is 0. The molecular formula is C15H24. The normalized spacial score (nSPS) is 9.93. The minimum Gasteiger partial charge on any atom is -0.0871 e. The third-order valence-corrected chi connectivity index (χ3v) is 2.23. The van der Waals surface area contributed by atoms with Crippen molar-refractivity contribution in [2.24, 2.45) is 0 Å². The van der Waals surface area contributed by atoms with Crippen molar-refractivity contribution in [2.75, 3.05) is 0 Å². The smallest absolute Gasteiger partial charge is 0.0228 e. The third kappa shape index (κ3) is 4.83. The van der Waals surface area contributed by atoms with Gasteiger partial charge in [-0.3, -0.25) is 0 Å². The van der Waals surface area contributed by atoms with E-state index in [4.69, 9.17) is 0 Å². The molecular weight excluding hydrogens is 180 g/mol. The van der Waals surface area contributed by atoms with Crippen LogP contribution in [0.1, 0.15) is 50.8 Å². The molecule has 0 amide bonds. The standard InChI is InChI=1S/C13H18.C2H6/c1-4-6-12-9-8-11(3)13(10-12)7-5-2;1-2/h5,7-10H,4,6H2,1-3H3;1-2H3/b7-5-;. The minimum atomic E-state index is 1.19. The molecule has 0 atom stereocenters. The highest BCUT2D eigenvalue weighted by Crippen LogP contribution is 2.14. The van der Waals surface area contributed by atoms with Crippen LogP contribution in [0.2, 0.25) is 0 Å². The molecule has 84 valence electrons. The van der Waals surface area contributed by atoms with Crippen LogP contribution in [-0.2, 0) is 6.42 Å². The van der Waals surface area contributed by atoms with Crippen molar-refractivity contribution in [1.29, 1.82) is 0 Å². The highest BCUT2D eigenvalue weighted by Gasteiger charge is 1.96. The van der Waals surface area contributed by atoms with Crippen LogP contribution >= 0.6 is 0 Å². The largest absolute Gasteiger partial charge is 0.0871 e. The Bertz CT molecular complexity index is 295. The average Bonchev–Trinajstić information content (AvgIpc) is 2.27. The predicted molar refractivity (Wildman–Crippen MR) is 71.2 cm³/mol. The van der Waals surface area contributed by atoms with Gasteiger partial charge in [0.1, 0.15) is 0 Å². The molecule has 0 nitrogen and oxygen atoms in total. The number of benzene rings is 1. The van der Waals surface area contributed by atoms with Crippen LogP contribution in [0.4, 0.5) is 0 Å². The second-order valence-electron chi connectivity index (χ2n) is 3.44. The molecule has 0 bridgehead atoms. The summed E-state index contributed by atoms with van der Waals surface area (Å²) in [5.74, 6) is 0. The molecule has 0 aliphatic carbocycles. The summed E-state index contributed by atoms with van der Waals surface area (Å²) in [6.07, 6.45) is 6.68. The van der Waals surface area contributed by atoms with Gasteiger partial charge in [0.15, 0.2) is 0 Å². The van der Waals surface area contributed by atoms with Gasteiger partial charge in [0, 0.05) is 0 Å². The van der Waals surface area contributed by atoms with E-state index in [0.717, 1.165) is 0 Å². The molecule has 0 aliphatic rings. The van der Waals surface area contributed by atoms with Gasteiger partial charge in [0.25, 0.3) is 0 Å². The lowest BCUT2D eigenvalue weighted by Crippen LogP contribution is -1.87. The van der Waals surface area contributed by atoms with Gasteiger partial charge in [-0.15, -0.1) is 0 Å². The second-order valence-corrected chi connectivity index (χ2v) is 3.44. The van der Waals surface area contributed by atoms with Crippen molar-refractivity contribution in [3.8, 4) is 0 Å². The average molecular weight is 204 g/mol. The molecule has 0 aliphatic heterocycles. The third-order valence-electron chi connectivity index (χ3n) is 2.23. The molecule has 1 aromatic rings. The van der Waals surface area contributed by atoms with Gasteiger partial charge in [0.2, 0.25) is 0 Å². The summed E-state index contributed by atoms with van der Waals surface area (Å²) in [6.45, 7) is 10.4. The van der Waals surface area contributed by atoms with E-state index in [1.54, 1.807) is 0 Å². The monoisotopic (exact) mass is 204 g/mol. The summed E-state index contributed by atoms with van der Waals surface area (Å²) in [7, 11) is 0. The zero-order valence-corrected chi connectivity index (χ0v) is 10.8. The van der Waals surface area contributed by atoms with E-state index in [1.807, 2.05) is 13.8 Å². The topological polar surface area (TPSA) is 0 Å². The van der Waals surface area contributed by atoms with Crippen LogP contribution in [0.3, 0.4) is 0 Å². The fraction of sp³-hybridized carbons (Fsp3) is 0.467. The lowest BCUT2D eigenvalue weighted by molar-refractivity contribution is 0.920. The van der Waals surface area contributed by atoms with Gasteiger partial charge in [-0.25, -0.2) is 0 Å². The first kappa shape index (κ1) is 14.0. The molecule has 0 N–H and O–H groups in total. The van der Waals surface area contributed by atoms with Crippen molar-refractivity contribution < 1.29 is 0 Å². The van der Waals surface area contributed by atoms with Crippen LogP contribution < -0.4 is 0 Å². The van der Waals surface area contributed by atoms with Crippen molar-refractivity contribution in [3.05, 3.63) is 41.0 Å². The number of hydrogen-bond acceptors (Lipinski definition) is 0. The number of allylic oxidation sites excluding steroid dienone is 1. The maximum absolute atomic E-state index is 2.29. The molecule has 0 heteroatoms. The number of hydrogen-bond donors (Lipinski definition) is 0. The Morgan fingerprint density at radius 3 is 2.40 bits per heavy atom. The van der Waals surface area contributed by atoms with Crippen LogP contribution in [0.15, 0.2) is 24.3 Å². The van der Waals surface area contributed by atoms with Gasteiger partial charge < -0.3 is 0 Å². The lowest BCUT2D eigenvalue weighted by atomic mass is 10.0. The molecule has 0 heterocycles. The van der Waals surface area contributed by atoms with Gasteiger partial charge in [-0.2, -0.15) is 0 Å². The summed E-state index contributed by atoms with van der Waals surface area (Å²) in [4.78, 5) is 0. The molecule has 0 fully saturated rings. The molecule has 15 heavy (non-hydrogen) atoms. The first-order chi connectivity index (χ1) is 7.27. The Kier molecular flexibility index (Phi) is 7.71. The summed E-state index contributed by atoms with van der Waals surface area (Å²) in [6, 6.07) is 6.73. The maximum Gasteiger partial charge on any atom is -0.0228 e. The van der Waals surface area contributed by atoms with E-state index < -0.39 is 0 Å². The fourth-order valence-corrected chi connectivity index (χ4v) is 1.49. The van der Waals surface area contributed by atoms with Crippen LogP contribution in [0.25, 0.3) is 6.08 Å². The molecule has 0 saturated carbocycles. The summed E-state index contributed by atoms with van der Waals surface area (Å²) in [5.41, 5.74) is 4.16. The molecule has 0 spiro atoms. The van der Waals surface area contributed by atoms with Gasteiger partial charge in [0.05, 0.1) is 0 Å². The molecule has 1 rings (SSSR count). The Balaban J connectivity index is 0.000000921. The highest BCUT2D eigenvalue weighted by molar-refractivity contribution is 5.54. The van der Waals surface area contributed by atoms with E-state index >= 15 is 0 Å². The Morgan fingerprint density at radius 2 is 1.87 bits per heavy atom. The van der Waals surface area contributed by atoms with Crippen molar-refractivity contribution in [1.82, 2.24) is 0 Å². The summed E-state index contributed by atoms with van der Waals surface area (Å²) in [5, 5.41) is 0. The van der Waals surface area contributed by atoms with Gasteiger partial charge in [-0.05, 0) is 37.0 Å². The van der Waals surface area contributed by atoms with E-state index in [-0.39, 0.29) is 0 Å². The SMILES string of the molecule is C/C=C\c1cc(CCC)ccc1C.CC. The Labute approximate surface area is 95.0 Å². The Hall–Kier alpha value is -1.04. The van der Waals surface area contributed by atoms with Crippen molar-refractivity contribution in [2.45, 2.75) is 47.5 Å². The van der Waals surface area contributed by atoms with Crippen LogP contribution in [0.5, 0.6) is 0 Å². The number of aryl methyl sites for hydroxylation is 2. The number of rotatable bonds is 3. The second kappa shape index (κ2) is 8.28. The van der Waals surface area contributed by atoms with Gasteiger partial charge in [-0.1, -0.05) is 57.5 Å². The quantitative estimate of drug-likeness (QED) is 0.649. The van der Waals surface area contributed by atoms with E-state index in [2.05, 4.69) is 51.1 Å². The molecule has 0 unspecified atom stereocenters. The molecule has 0 aromatic heterocycles. The maximum atomic E-state index is 2.29. The zero-order chi connectivity index (χ0) is 11.7. The van der Waals surface area contributed by atoms with E-state index in [9.17, 15) is 0 Å².